The first kappa shape index (κ1) is 14.9. The lowest BCUT2D eigenvalue weighted by Crippen LogP contribution is -2.08. The quantitative estimate of drug-likeness (QED) is 0.438. The van der Waals surface area contributed by atoms with Gasteiger partial charge in [-0.05, 0) is 18.4 Å². The van der Waals surface area contributed by atoms with Crippen LogP contribution in [-0.4, -0.2) is 34.4 Å². The van der Waals surface area contributed by atoms with Gasteiger partial charge in [0.25, 0.3) is 0 Å². The number of nitrogens with two attached hydrogens (primary N) is 1. The Morgan fingerprint density at radius 1 is 1.48 bits per heavy atom. The number of nitrogens with one attached hydrogen (secondary N) is 1. The smallest absolute Gasteiger partial charge is 0.341 e. The standard InChI is InChI=1S/C13H14N4O3S/c1-20-7-3-4-10(9(14)5-7)16-11-8(12(18)19)6-15-13(17-11)21-2/h3-6H,14H2,1-2H3,(H,18,19)(H,15,16,17). The van der Waals surface area contributed by atoms with Crippen molar-refractivity contribution in [1.29, 1.82) is 0 Å². The second-order valence-electron chi connectivity index (χ2n) is 4.00. The summed E-state index contributed by atoms with van der Waals surface area (Å²) in [5.74, 6) is -0.306. The molecular weight excluding hydrogens is 292 g/mol. The Balaban J connectivity index is 2.40. The third-order valence-corrected chi connectivity index (χ3v) is 3.25. The van der Waals surface area contributed by atoms with Crippen molar-refractivity contribution in [3.05, 3.63) is 30.0 Å². The van der Waals surface area contributed by atoms with Gasteiger partial charge in [-0.25, -0.2) is 14.8 Å². The zero-order chi connectivity index (χ0) is 15.4. The minimum atomic E-state index is -1.11. The summed E-state index contributed by atoms with van der Waals surface area (Å²) in [6, 6.07) is 5.05. The number of hydrogen-bond donors (Lipinski definition) is 3. The number of benzene rings is 1. The summed E-state index contributed by atoms with van der Waals surface area (Å²) in [6.07, 6.45) is 3.07. The van der Waals surface area contributed by atoms with Crippen LogP contribution >= 0.6 is 11.8 Å². The van der Waals surface area contributed by atoms with Gasteiger partial charge in [-0.1, -0.05) is 11.8 Å². The second kappa shape index (κ2) is 6.31. The molecule has 0 aliphatic carbocycles. The van der Waals surface area contributed by atoms with E-state index in [0.717, 1.165) is 0 Å². The number of nitrogen functional groups attached to an aromatic ring is 1. The van der Waals surface area contributed by atoms with Crippen LogP contribution in [0, 0.1) is 0 Å². The third-order valence-electron chi connectivity index (χ3n) is 2.69. The number of ether oxygens (including phenoxy) is 1. The van der Waals surface area contributed by atoms with Crippen LogP contribution in [0.3, 0.4) is 0 Å². The lowest BCUT2D eigenvalue weighted by molar-refractivity contribution is 0.0697. The lowest BCUT2D eigenvalue weighted by Gasteiger charge is -2.12. The van der Waals surface area contributed by atoms with Gasteiger partial charge < -0.3 is 20.9 Å². The number of carboxylic acids is 1. The van der Waals surface area contributed by atoms with Crippen LogP contribution in [0.25, 0.3) is 0 Å². The van der Waals surface area contributed by atoms with Crippen LogP contribution in [0.15, 0.2) is 29.6 Å². The third kappa shape index (κ3) is 3.34. The highest BCUT2D eigenvalue weighted by Crippen LogP contribution is 2.28. The van der Waals surface area contributed by atoms with Crippen molar-refractivity contribution in [3.63, 3.8) is 0 Å². The maximum atomic E-state index is 11.2. The summed E-state index contributed by atoms with van der Waals surface area (Å²) in [4.78, 5) is 19.3. The molecular formula is C13H14N4O3S. The number of methoxy groups -OCH3 is 1. The number of aromatic carboxylic acids is 1. The number of anilines is 3. The van der Waals surface area contributed by atoms with E-state index >= 15 is 0 Å². The summed E-state index contributed by atoms with van der Waals surface area (Å²) in [5, 5.41) is 12.6. The van der Waals surface area contributed by atoms with Crippen LogP contribution in [0.1, 0.15) is 10.4 Å². The molecule has 4 N–H and O–H groups in total. The summed E-state index contributed by atoms with van der Waals surface area (Å²) >= 11 is 1.32. The molecule has 21 heavy (non-hydrogen) atoms. The summed E-state index contributed by atoms with van der Waals surface area (Å²) in [6.45, 7) is 0. The molecule has 1 aromatic carbocycles. The molecule has 0 atom stereocenters. The molecule has 0 saturated heterocycles. The first-order valence-corrected chi connectivity index (χ1v) is 7.12. The van der Waals surface area contributed by atoms with Crippen LogP contribution in [0.4, 0.5) is 17.2 Å². The molecule has 0 aliphatic heterocycles. The predicted molar refractivity (Wildman–Crippen MR) is 81.5 cm³/mol. The van der Waals surface area contributed by atoms with Crippen molar-refractivity contribution in [2.75, 3.05) is 24.4 Å². The van der Waals surface area contributed by atoms with Crippen LogP contribution in [0.5, 0.6) is 5.75 Å². The van der Waals surface area contributed by atoms with E-state index in [1.165, 1.54) is 18.0 Å². The number of nitrogens with zero attached hydrogens (tertiary/aromatic N) is 2. The van der Waals surface area contributed by atoms with Gasteiger partial charge in [-0.15, -0.1) is 0 Å². The van der Waals surface area contributed by atoms with Crippen molar-refractivity contribution in [3.8, 4) is 5.75 Å². The second-order valence-corrected chi connectivity index (χ2v) is 4.78. The SMILES string of the molecule is COc1ccc(Nc2nc(SC)ncc2C(=O)O)c(N)c1. The Morgan fingerprint density at radius 3 is 2.81 bits per heavy atom. The fourth-order valence-corrected chi connectivity index (χ4v) is 1.97. The average Bonchev–Trinajstić information content (AvgIpc) is 2.48. The fourth-order valence-electron chi connectivity index (χ4n) is 1.62. The van der Waals surface area contributed by atoms with Gasteiger partial charge in [-0.2, -0.15) is 0 Å². The molecule has 0 fully saturated rings. The summed E-state index contributed by atoms with van der Waals surface area (Å²) < 4.78 is 5.07. The number of hydrogen-bond acceptors (Lipinski definition) is 7. The number of aromatic nitrogens is 2. The Kier molecular flexibility index (Phi) is 4.49. The molecule has 2 rings (SSSR count). The monoisotopic (exact) mass is 306 g/mol. The van der Waals surface area contributed by atoms with Gasteiger partial charge in [-0.3, -0.25) is 0 Å². The molecule has 1 heterocycles. The van der Waals surface area contributed by atoms with E-state index in [2.05, 4.69) is 15.3 Å². The molecule has 8 heteroatoms. The molecule has 0 spiro atoms. The van der Waals surface area contributed by atoms with Gasteiger partial charge in [0.15, 0.2) is 5.16 Å². The van der Waals surface area contributed by atoms with E-state index in [0.29, 0.717) is 22.3 Å². The summed E-state index contributed by atoms with van der Waals surface area (Å²) in [5.41, 5.74) is 6.85. The predicted octanol–water partition coefficient (Wildman–Crippen LogP) is 2.23. The maximum absolute atomic E-state index is 11.2. The van der Waals surface area contributed by atoms with E-state index in [1.807, 2.05) is 0 Å². The number of carboxylic acid groups (broad SMARTS) is 1. The number of thioether (sulfide) groups is 1. The highest BCUT2D eigenvalue weighted by atomic mass is 32.2. The summed E-state index contributed by atoms with van der Waals surface area (Å²) in [7, 11) is 1.54. The maximum Gasteiger partial charge on any atom is 0.341 e. The Bertz CT molecular complexity index is 678. The van der Waals surface area contributed by atoms with Gasteiger partial charge in [0, 0.05) is 12.3 Å². The zero-order valence-corrected chi connectivity index (χ0v) is 12.3. The highest BCUT2D eigenvalue weighted by molar-refractivity contribution is 7.98. The highest BCUT2D eigenvalue weighted by Gasteiger charge is 2.14. The van der Waals surface area contributed by atoms with E-state index in [9.17, 15) is 9.90 Å². The molecule has 0 amide bonds. The van der Waals surface area contributed by atoms with E-state index < -0.39 is 5.97 Å². The van der Waals surface area contributed by atoms with Crippen molar-refractivity contribution in [1.82, 2.24) is 9.97 Å². The molecule has 0 unspecified atom stereocenters. The first-order valence-electron chi connectivity index (χ1n) is 5.90. The molecule has 7 nitrogen and oxygen atoms in total. The van der Waals surface area contributed by atoms with Crippen molar-refractivity contribution < 1.29 is 14.6 Å². The van der Waals surface area contributed by atoms with Crippen molar-refractivity contribution >= 4 is 34.9 Å². The number of carbonyl (C=O) groups is 1. The molecule has 0 bridgehead atoms. The lowest BCUT2D eigenvalue weighted by atomic mass is 10.2. The minimum absolute atomic E-state index is 0.0250. The first-order chi connectivity index (χ1) is 10.0. The largest absolute Gasteiger partial charge is 0.497 e. The van der Waals surface area contributed by atoms with Gasteiger partial charge in [0.05, 0.1) is 18.5 Å². The average molecular weight is 306 g/mol. The Labute approximate surface area is 125 Å². The molecule has 0 saturated carbocycles. The molecule has 0 aliphatic rings. The number of rotatable bonds is 5. The fraction of sp³-hybridized carbons (Fsp3) is 0.154. The van der Waals surface area contributed by atoms with Crippen LogP contribution in [0.2, 0.25) is 0 Å². The molecule has 110 valence electrons. The molecule has 2 aromatic rings. The Hall–Kier alpha value is -2.48. The van der Waals surface area contributed by atoms with Crippen molar-refractivity contribution in [2.45, 2.75) is 5.16 Å². The minimum Gasteiger partial charge on any atom is -0.497 e. The molecule has 0 radical (unpaired) electrons. The normalized spacial score (nSPS) is 10.2. The van der Waals surface area contributed by atoms with Gasteiger partial charge >= 0.3 is 5.97 Å². The molecule has 1 aromatic heterocycles. The van der Waals surface area contributed by atoms with Gasteiger partial charge in [0.1, 0.15) is 17.1 Å². The Morgan fingerprint density at radius 2 is 2.24 bits per heavy atom. The van der Waals surface area contributed by atoms with Crippen molar-refractivity contribution in [2.24, 2.45) is 0 Å². The van der Waals surface area contributed by atoms with Crippen LogP contribution < -0.4 is 15.8 Å². The zero-order valence-electron chi connectivity index (χ0n) is 11.5. The van der Waals surface area contributed by atoms with E-state index in [1.54, 1.807) is 31.6 Å². The van der Waals surface area contributed by atoms with Crippen LogP contribution in [-0.2, 0) is 0 Å². The topological polar surface area (TPSA) is 110 Å². The van der Waals surface area contributed by atoms with E-state index in [4.69, 9.17) is 10.5 Å². The van der Waals surface area contributed by atoms with E-state index in [-0.39, 0.29) is 11.4 Å². The van der Waals surface area contributed by atoms with Gasteiger partial charge in [0.2, 0.25) is 0 Å².